The average molecular weight is 692 g/mol. The van der Waals surface area contributed by atoms with Crippen molar-refractivity contribution >= 4 is 0 Å². The average Bonchev–Trinajstić information content (AvgIpc) is 2.87. The monoisotopic (exact) mass is 690 g/mol. The smallest absolute Gasteiger partial charge is 0.0786 e. The predicted molar refractivity (Wildman–Crippen MR) is 159 cm³/mol. The van der Waals surface area contributed by atoms with Crippen molar-refractivity contribution in [3.63, 3.8) is 0 Å². The maximum atomic E-state index is 2.33. The van der Waals surface area contributed by atoms with Gasteiger partial charge in [0.15, 0.2) is 0 Å². The molecule has 0 fully saturated rings. The first-order valence-corrected chi connectivity index (χ1v) is 16.2. The zero-order chi connectivity index (χ0) is 26.0. The van der Waals surface area contributed by atoms with Crippen LogP contribution in [-0.4, -0.2) is 61.3 Å². The second-order valence-electron chi connectivity index (χ2n) is 11.3. The maximum absolute atomic E-state index is 2.33. The summed E-state index contributed by atoms with van der Waals surface area (Å²) < 4.78 is 2.84. The summed E-state index contributed by atoms with van der Waals surface area (Å²) in [5.74, 6) is 0. The second kappa shape index (κ2) is 32.3. The van der Waals surface area contributed by atoms with Crippen LogP contribution >= 0.6 is 0 Å². The summed E-state index contributed by atoms with van der Waals surface area (Å²) in [6.45, 7) is 30.0. The van der Waals surface area contributed by atoms with Crippen molar-refractivity contribution in [2.24, 2.45) is 0 Å². The predicted octanol–water partition coefficient (Wildman–Crippen LogP) is 4.02. The second-order valence-corrected chi connectivity index (χ2v) is 11.3. The fourth-order valence-corrected chi connectivity index (χ4v) is 5.29. The SMILES string of the molecule is CCCC[N+](CCCC)(CCCC)CCCC.CCCC[N+](CCCC)(CCCC)CCCC.[Br-].[I-]. The highest BCUT2D eigenvalue weighted by molar-refractivity contribution is 4.50. The van der Waals surface area contributed by atoms with Crippen LogP contribution < -0.4 is 41.0 Å². The van der Waals surface area contributed by atoms with E-state index in [4.69, 9.17) is 0 Å². The van der Waals surface area contributed by atoms with E-state index >= 15 is 0 Å². The van der Waals surface area contributed by atoms with Gasteiger partial charge in [-0.05, 0) is 51.4 Å². The molecule has 0 bridgehead atoms. The molecule has 0 aromatic carbocycles. The quantitative estimate of drug-likeness (QED) is 0.106. The molecule has 36 heavy (non-hydrogen) atoms. The topological polar surface area (TPSA) is 0 Å². The molecular formula is C32H72BrIN2. The van der Waals surface area contributed by atoms with Gasteiger partial charge in [0.25, 0.3) is 0 Å². The van der Waals surface area contributed by atoms with E-state index in [1.807, 2.05) is 0 Å². The van der Waals surface area contributed by atoms with Crippen LogP contribution in [0.25, 0.3) is 0 Å². The van der Waals surface area contributed by atoms with Gasteiger partial charge in [0.1, 0.15) is 0 Å². The minimum atomic E-state index is 0. The lowest BCUT2D eigenvalue weighted by Gasteiger charge is -2.39. The molecule has 224 valence electrons. The minimum Gasteiger partial charge on any atom is -1.00 e. The van der Waals surface area contributed by atoms with Gasteiger partial charge in [0.05, 0.1) is 52.4 Å². The van der Waals surface area contributed by atoms with E-state index in [1.165, 1.54) is 164 Å². The van der Waals surface area contributed by atoms with Crippen LogP contribution in [0, 0.1) is 0 Å². The lowest BCUT2D eigenvalue weighted by molar-refractivity contribution is -0.929. The molecule has 4 heteroatoms. The first kappa shape index (κ1) is 44.2. The molecule has 0 unspecified atom stereocenters. The van der Waals surface area contributed by atoms with E-state index in [0.717, 1.165) is 0 Å². The van der Waals surface area contributed by atoms with Crippen LogP contribution in [0.4, 0.5) is 0 Å². The Morgan fingerprint density at radius 1 is 0.278 bits per heavy atom. The summed E-state index contributed by atoms with van der Waals surface area (Å²) >= 11 is 0. The van der Waals surface area contributed by atoms with Gasteiger partial charge in [-0.3, -0.25) is 0 Å². The van der Waals surface area contributed by atoms with Crippen LogP contribution in [-0.2, 0) is 0 Å². The van der Waals surface area contributed by atoms with E-state index in [0.29, 0.717) is 0 Å². The van der Waals surface area contributed by atoms with Gasteiger partial charge in [-0.15, -0.1) is 0 Å². The molecule has 0 N–H and O–H groups in total. The van der Waals surface area contributed by atoms with Crippen molar-refractivity contribution < 1.29 is 49.9 Å². The summed E-state index contributed by atoms with van der Waals surface area (Å²) in [4.78, 5) is 0. The number of hydrogen-bond acceptors (Lipinski definition) is 0. The normalized spacial score (nSPS) is 11.3. The van der Waals surface area contributed by atoms with E-state index in [9.17, 15) is 0 Å². The Balaban J connectivity index is -0.000000269. The zero-order valence-corrected chi connectivity index (χ0v) is 30.4. The Kier molecular flexibility index (Phi) is 39.7. The molecule has 0 aromatic rings. The highest BCUT2D eigenvalue weighted by Gasteiger charge is 2.25. The van der Waals surface area contributed by atoms with Gasteiger partial charge in [-0.1, -0.05) is 107 Å². The number of halogens is 2. The Bertz CT molecular complexity index is 281. The lowest BCUT2D eigenvalue weighted by atomic mass is 10.1. The molecule has 0 amide bonds. The van der Waals surface area contributed by atoms with Gasteiger partial charge in [-0.25, -0.2) is 0 Å². The van der Waals surface area contributed by atoms with Gasteiger partial charge < -0.3 is 49.9 Å². The van der Waals surface area contributed by atoms with Crippen molar-refractivity contribution in [3.8, 4) is 0 Å². The molecular weight excluding hydrogens is 619 g/mol. The third kappa shape index (κ3) is 24.2. The van der Waals surface area contributed by atoms with Crippen molar-refractivity contribution in [2.45, 2.75) is 158 Å². The molecule has 0 aliphatic heterocycles. The van der Waals surface area contributed by atoms with E-state index in [1.54, 1.807) is 0 Å². The summed E-state index contributed by atoms with van der Waals surface area (Å²) in [6, 6.07) is 0. The zero-order valence-electron chi connectivity index (χ0n) is 26.6. The highest BCUT2D eigenvalue weighted by atomic mass is 127. The van der Waals surface area contributed by atoms with Crippen LogP contribution in [0.3, 0.4) is 0 Å². The molecule has 0 heterocycles. The van der Waals surface area contributed by atoms with Gasteiger partial charge in [0, 0.05) is 0 Å². The highest BCUT2D eigenvalue weighted by Crippen LogP contribution is 2.17. The van der Waals surface area contributed by atoms with Crippen LogP contribution in [0.2, 0.25) is 0 Å². The van der Waals surface area contributed by atoms with Crippen LogP contribution in [0.1, 0.15) is 158 Å². The summed E-state index contributed by atoms with van der Waals surface area (Å²) in [6.07, 6.45) is 22.1. The standard InChI is InChI=1S/2C16H36N.BrH.HI/c2*1-5-9-13-17(14-10-6-2,15-11-7-3)16-12-8-4;;/h2*5-16H2,1-4H3;2*1H/q2*+1;;/p-2. The lowest BCUT2D eigenvalue weighted by Crippen LogP contribution is -3.00. The fraction of sp³-hybridized carbons (Fsp3) is 1.00. The van der Waals surface area contributed by atoms with Crippen molar-refractivity contribution in [2.75, 3.05) is 52.4 Å². The number of hydrogen-bond donors (Lipinski definition) is 0. The molecule has 0 radical (unpaired) electrons. The van der Waals surface area contributed by atoms with Crippen molar-refractivity contribution in [3.05, 3.63) is 0 Å². The molecule has 0 saturated heterocycles. The number of nitrogens with zero attached hydrogens (tertiary/aromatic N) is 2. The molecule has 2 nitrogen and oxygen atoms in total. The maximum Gasteiger partial charge on any atom is 0.0786 e. The Hall–Kier alpha value is 1.13. The third-order valence-electron chi connectivity index (χ3n) is 7.89. The van der Waals surface area contributed by atoms with E-state index in [2.05, 4.69) is 55.4 Å². The third-order valence-corrected chi connectivity index (χ3v) is 7.89. The molecule has 0 aliphatic carbocycles. The number of rotatable bonds is 24. The van der Waals surface area contributed by atoms with Crippen molar-refractivity contribution in [1.82, 2.24) is 0 Å². The number of quaternary nitrogens is 2. The molecule has 0 saturated carbocycles. The van der Waals surface area contributed by atoms with Gasteiger partial charge in [0.2, 0.25) is 0 Å². The minimum absolute atomic E-state index is 0. The Labute approximate surface area is 259 Å². The molecule has 0 aromatic heterocycles. The Morgan fingerprint density at radius 2 is 0.389 bits per heavy atom. The summed E-state index contributed by atoms with van der Waals surface area (Å²) in [5, 5.41) is 0. The van der Waals surface area contributed by atoms with E-state index < -0.39 is 0 Å². The van der Waals surface area contributed by atoms with Gasteiger partial charge in [-0.2, -0.15) is 0 Å². The fourth-order valence-electron chi connectivity index (χ4n) is 5.29. The summed E-state index contributed by atoms with van der Waals surface area (Å²) in [7, 11) is 0. The van der Waals surface area contributed by atoms with E-state index in [-0.39, 0.29) is 41.0 Å². The van der Waals surface area contributed by atoms with Gasteiger partial charge >= 0.3 is 0 Å². The van der Waals surface area contributed by atoms with Crippen LogP contribution in [0.5, 0.6) is 0 Å². The van der Waals surface area contributed by atoms with Crippen molar-refractivity contribution in [1.29, 1.82) is 0 Å². The molecule has 0 rings (SSSR count). The molecule has 0 spiro atoms. The largest absolute Gasteiger partial charge is 1.00 e. The Morgan fingerprint density at radius 3 is 0.472 bits per heavy atom. The first-order valence-electron chi connectivity index (χ1n) is 16.2. The molecule has 0 aliphatic rings. The van der Waals surface area contributed by atoms with Crippen LogP contribution in [0.15, 0.2) is 0 Å². The summed E-state index contributed by atoms with van der Waals surface area (Å²) in [5.41, 5.74) is 0. The first-order chi connectivity index (χ1) is 16.5. The molecule has 0 atom stereocenters. The number of unbranched alkanes of at least 4 members (excludes halogenated alkanes) is 8.